The van der Waals surface area contributed by atoms with Gasteiger partial charge in [0.1, 0.15) is 18.0 Å². The van der Waals surface area contributed by atoms with Crippen LogP contribution in [0.2, 0.25) is 0 Å². The van der Waals surface area contributed by atoms with Crippen LogP contribution in [0.1, 0.15) is 67.0 Å². The van der Waals surface area contributed by atoms with E-state index in [9.17, 15) is 19.7 Å². The Labute approximate surface area is 230 Å². The van der Waals surface area contributed by atoms with Crippen LogP contribution in [-0.2, 0) is 4.74 Å². The van der Waals surface area contributed by atoms with Crippen LogP contribution in [0, 0.1) is 12.7 Å². The maximum Gasteiger partial charge on any atom is 0.191 e. The van der Waals surface area contributed by atoms with E-state index < -0.39 is 108 Å². The summed E-state index contributed by atoms with van der Waals surface area (Å²) >= 11 is 0.179. The van der Waals surface area contributed by atoms with Crippen molar-refractivity contribution >= 4 is 28.7 Å². The second kappa shape index (κ2) is 10.5. The highest BCUT2D eigenvalue weighted by atomic mass is 32.2. The van der Waals surface area contributed by atoms with E-state index >= 15 is 0 Å². The lowest BCUT2D eigenvalue weighted by molar-refractivity contribution is -0.0629. The number of rotatable bonds is 10. The van der Waals surface area contributed by atoms with Crippen molar-refractivity contribution in [1.82, 2.24) is 25.0 Å². The number of halogens is 1. The number of aliphatic hydroxyl groups excluding tert-OH is 3. The van der Waals surface area contributed by atoms with Crippen molar-refractivity contribution in [3.8, 4) is 0 Å². The first-order valence-electron chi connectivity index (χ1n) is 17.3. The highest BCUT2D eigenvalue weighted by Gasteiger charge is 2.45. The molecule has 1 aromatic carbocycles. The molecule has 2 aliphatic carbocycles. The maximum absolute atomic E-state index is 14.9. The van der Waals surface area contributed by atoms with Crippen molar-refractivity contribution < 1.29 is 42.3 Å². The molecule has 0 spiro atoms. The van der Waals surface area contributed by atoms with Gasteiger partial charge in [-0.2, -0.15) is 0 Å². The summed E-state index contributed by atoms with van der Waals surface area (Å²) in [7, 11) is 0. The molecule has 2 aromatic heterocycles. The minimum atomic E-state index is -2.99. The van der Waals surface area contributed by atoms with Gasteiger partial charge in [0, 0.05) is 33.6 Å². The van der Waals surface area contributed by atoms with Gasteiger partial charge in [-0.15, -0.1) is 5.10 Å². The number of aliphatic hydroxyl groups is 3. The molecule has 0 radical (unpaired) electrons. The van der Waals surface area contributed by atoms with Gasteiger partial charge in [-0.25, -0.2) is 19.0 Å². The molecule has 0 amide bonds. The van der Waals surface area contributed by atoms with Crippen LogP contribution in [0.15, 0.2) is 23.3 Å². The molecule has 12 heteroatoms. The second-order valence-electron chi connectivity index (χ2n) is 7.95. The fourth-order valence-corrected chi connectivity index (χ4v) is 4.26. The number of benzene rings is 1. The molecule has 2 aliphatic rings. The summed E-state index contributed by atoms with van der Waals surface area (Å²) < 4.78 is 129. The summed E-state index contributed by atoms with van der Waals surface area (Å²) in [5.74, 6) is -4.73. The van der Waals surface area contributed by atoms with Crippen molar-refractivity contribution in [2.45, 2.75) is 74.4 Å². The number of thioether (sulfide) groups is 1. The Morgan fingerprint density at radius 3 is 3.00 bits per heavy atom. The molecule has 36 heavy (non-hydrogen) atoms. The summed E-state index contributed by atoms with van der Waals surface area (Å²) in [6, 6.07) is -6.72. The zero-order valence-electron chi connectivity index (χ0n) is 32.0. The fraction of sp³-hybridized carbons (Fsp3) is 0.583. The number of hydrogen-bond acceptors (Lipinski definition) is 10. The van der Waals surface area contributed by atoms with Crippen LogP contribution in [0.4, 0.5) is 10.2 Å². The Hall–Kier alpha value is -2.38. The monoisotopic (exact) mass is 531 g/mol. The third-order valence-corrected chi connectivity index (χ3v) is 6.30. The van der Waals surface area contributed by atoms with Gasteiger partial charge in [0.05, 0.1) is 33.5 Å². The number of aromatic nitrogens is 5. The first-order chi connectivity index (χ1) is 22.3. The van der Waals surface area contributed by atoms with Crippen LogP contribution < -0.4 is 5.32 Å². The Morgan fingerprint density at radius 1 is 1.39 bits per heavy atom. The lowest BCUT2D eigenvalue weighted by atomic mass is 10.1. The summed E-state index contributed by atoms with van der Waals surface area (Å²) in [6.45, 7) is -1.57. The topological polar surface area (TPSA) is 138 Å². The van der Waals surface area contributed by atoms with Gasteiger partial charge < -0.3 is 25.4 Å². The van der Waals surface area contributed by atoms with E-state index in [0.29, 0.717) is 0 Å². The van der Waals surface area contributed by atoms with Crippen LogP contribution in [0.25, 0.3) is 11.2 Å². The van der Waals surface area contributed by atoms with E-state index in [1.54, 1.807) is 0 Å². The lowest BCUT2D eigenvalue weighted by Gasteiger charge is -2.17. The molecule has 0 saturated heterocycles. The molecular weight excluding hydrogens is 487 g/mol. The molecule has 0 aliphatic heterocycles. The number of ether oxygens (including phenoxy) is 1. The van der Waals surface area contributed by atoms with Crippen molar-refractivity contribution in [2.75, 3.05) is 24.2 Å². The van der Waals surface area contributed by atoms with Crippen LogP contribution in [-0.4, -0.2) is 83.5 Å². The average Bonchev–Trinajstić information content (AvgIpc) is 3.36. The standard InChI is InChI=1S/C24H31FN6O4S/c1-3-8-36-24-27-22(26-16-10-14(16)13-5-4-12(2)15(25)9-13)19-23(28-24)31(30-29-19)17-11-18(35-7-6-32)21(34)20(17)33/h4-5,9,14,16-18,20-21,32-34H,3,6-8,10-11H2,1-2H3,(H,26,27,28)/t14-,16+,17+,18-,20-,21+/m0/s1/i3D2,4D,5D,7D2,8D2,9D,10D2,14D,16D. The second-order valence-corrected chi connectivity index (χ2v) is 8.72. The minimum absolute atomic E-state index is 0.179. The van der Waals surface area contributed by atoms with Gasteiger partial charge in [-0.1, -0.05) is 36.0 Å². The summed E-state index contributed by atoms with van der Waals surface area (Å²) in [4.78, 5) is 8.34. The van der Waals surface area contributed by atoms with E-state index in [2.05, 4.69) is 25.6 Å². The van der Waals surface area contributed by atoms with Crippen molar-refractivity contribution in [1.29, 1.82) is 0 Å². The van der Waals surface area contributed by atoms with Gasteiger partial charge in [0.15, 0.2) is 22.1 Å². The van der Waals surface area contributed by atoms with Crippen molar-refractivity contribution in [3.05, 3.63) is 35.1 Å². The molecule has 2 heterocycles. The van der Waals surface area contributed by atoms with Crippen LogP contribution in [0.5, 0.6) is 0 Å². The molecule has 6 atom stereocenters. The predicted octanol–water partition coefficient (Wildman–Crippen LogP) is 2.18. The van der Waals surface area contributed by atoms with E-state index in [-0.39, 0.29) is 34.9 Å². The fourth-order valence-electron chi connectivity index (χ4n) is 3.80. The molecule has 194 valence electrons. The van der Waals surface area contributed by atoms with E-state index in [0.717, 1.165) is 18.5 Å². The first kappa shape index (κ1) is 14.0. The number of anilines is 1. The van der Waals surface area contributed by atoms with Gasteiger partial charge in [-0.05, 0) is 36.8 Å². The Kier molecular flexibility index (Phi) is 4.09. The third kappa shape index (κ3) is 4.92. The Balaban J connectivity index is 1.65. The molecule has 2 fully saturated rings. The molecule has 3 aromatic rings. The van der Waals surface area contributed by atoms with Gasteiger partial charge in [-0.3, -0.25) is 0 Å². The molecule has 0 unspecified atom stereocenters. The van der Waals surface area contributed by atoms with Gasteiger partial charge in [0.25, 0.3) is 0 Å². The van der Waals surface area contributed by atoms with Crippen molar-refractivity contribution in [3.63, 3.8) is 0 Å². The molecule has 5 rings (SSSR count). The highest BCUT2D eigenvalue weighted by molar-refractivity contribution is 7.99. The number of hydrogen-bond donors (Lipinski definition) is 4. The van der Waals surface area contributed by atoms with Crippen LogP contribution in [0.3, 0.4) is 0 Å². The maximum atomic E-state index is 14.9. The normalized spacial score (nSPS) is 39.6. The highest BCUT2D eigenvalue weighted by Crippen LogP contribution is 2.44. The quantitative estimate of drug-likeness (QED) is 0.227. The number of nitrogens with zero attached hydrogens (tertiary/aromatic N) is 5. The molecule has 2 saturated carbocycles. The average molecular weight is 532 g/mol. The SMILES string of the molecule is [2H]c1c([2H])c([C@]2([2H])C([2H])([2H])[C@@]2([2H])Nc2nc(SC([2H])([2H])C([2H])([2H])C)nc3c2nnn3[C@@H]2C[C@H](OC([2H])([2H])CO)[C@@H](O)[C@H]2O)c([2H])c(F)c1C. The molecule has 10 nitrogen and oxygen atoms in total. The smallest absolute Gasteiger partial charge is 0.191 e. The zero-order valence-corrected chi connectivity index (χ0v) is 19.8. The molecule has 4 N–H and O–H groups in total. The first-order valence-corrected chi connectivity index (χ1v) is 11.6. The predicted molar refractivity (Wildman–Crippen MR) is 133 cm³/mol. The summed E-state index contributed by atoms with van der Waals surface area (Å²) in [6.07, 6.45) is -10.5. The van der Waals surface area contributed by atoms with Gasteiger partial charge >= 0.3 is 0 Å². The minimum Gasteiger partial charge on any atom is -0.394 e. The van der Waals surface area contributed by atoms with E-state index in [1.807, 2.05) is 0 Å². The zero-order chi connectivity index (χ0) is 37.0. The molecular formula is C24H31FN6O4S. The van der Waals surface area contributed by atoms with Crippen molar-refractivity contribution in [2.24, 2.45) is 0 Å². The van der Waals surface area contributed by atoms with E-state index in [4.69, 9.17) is 22.6 Å². The number of fused-ring (bicyclic) bond motifs is 1. The van der Waals surface area contributed by atoms with Crippen LogP contribution >= 0.6 is 11.8 Å². The summed E-state index contributed by atoms with van der Waals surface area (Å²) in [5, 5.41) is 40.5. The third-order valence-electron chi connectivity index (χ3n) is 5.63. The van der Waals surface area contributed by atoms with Gasteiger partial charge in [0.2, 0.25) is 0 Å². The summed E-state index contributed by atoms with van der Waals surface area (Å²) in [5.41, 5.74) is -4.65. The van der Waals surface area contributed by atoms with E-state index in [1.165, 1.54) is 0 Å². The Bertz CT molecular complexity index is 1790. The Morgan fingerprint density at radius 2 is 2.22 bits per heavy atom. The largest absolute Gasteiger partial charge is 0.394 e. The number of nitrogens with one attached hydrogen (secondary N) is 1. The molecule has 0 bridgehead atoms. The lowest BCUT2D eigenvalue weighted by Crippen LogP contribution is -2.33.